The quantitative estimate of drug-likeness (QED) is 0.445. The Labute approximate surface area is 136 Å². The molecular weight excluding hydrogens is 347 g/mol. The standard InChI is InChI=1S/C11H21Cl3NO4P/c1-3-7-17-20(18-8-4-2)19-10(11(12,13)14)15-6-5-9-16-15/h10H,3-9H2,1-2H3. The van der Waals surface area contributed by atoms with Crippen LogP contribution in [0.2, 0.25) is 0 Å². The second-order valence-electron chi connectivity index (χ2n) is 4.22. The van der Waals surface area contributed by atoms with Gasteiger partial charge >= 0.3 is 8.60 Å². The third-order valence-electron chi connectivity index (χ3n) is 2.31. The van der Waals surface area contributed by atoms with Gasteiger partial charge in [0.2, 0.25) is 3.79 Å². The van der Waals surface area contributed by atoms with E-state index in [1.54, 1.807) is 0 Å². The van der Waals surface area contributed by atoms with Gasteiger partial charge in [-0.3, -0.25) is 9.36 Å². The fourth-order valence-corrected chi connectivity index (χ4v) is 3.37. The zero-order valence-electron chi connectivity index (χ0n) is 11.7. The lowest BCUT2D eigenvalue weighted by Gasteiger charge is -2.32. The SMILES string of the molecule is CCCOP(OCCC)OC(N1CCCO1)C(Cl)(Cl)Cl. The van der Waals surface area contributed by atoms with Gasteiger partial charge in [-0.25, -0.2) is 0 Å². The number of hydrogen-bond acceptors (Lipinski definition) is 5. The van der Waals surface area contributed by atoms with Crippen LogP contribution in [0.25, 0.3) is 0 Å². The van der Waals surface area contributed by atoms with Crippen molar-refractivity contribution in [2.24, 2.45) is 0 Å². The van der Waals surface area contributed by atoms with Crippen LogP contribution in [0, 0.1) is 0 Å². The van der Waals surface area contributed by atoms with Crippen LogP contribution in [0.5, 0.6) is 0 Å². The molecule has 1 fully saturated rings. The summed E-state index contributed by atoms with van der Waals surface area (Å²) < 4.78 is 15.2. The molecule has 0 spiro atoms. The summed E-state index contributed by atoms with van der Waals surface area (Å²) in [6.07, 6.45) is 1.73. The molecule has 1 unspecified atom stereocenters. The summed E-state index contributed by atoms with van der Waals surface area (Å²) in [6.45, 7) is 6.30. The Morgan fingerprint density at radius 1 is 1.20 bits per heavy atom. The van der Waals surface area contributed by atoms with Gasteiger partial charge in [0.1, 0.15) is 0 Å². The summed E-state index contributed by atoms with van der Waals surface area (Å²) >= 11 is 17.9. The van der Waals surface area contributed by atoms with E-state index in [-0.39, 0.29) is 0 Å². The van der Waals surface area contributed by atoms with E-state index in [1.807, 2.05) is 13.8 Å². The third-order valence-corrected chi connectivity index (χ3v) is 4.03. The topological polar surface area (TPSA) is 40.2 Å². The number of halogens is 3. The predicted octanol–water partition coefficient (Wildman–Crippen LogP) is 4.42. The summed E-state index contributed by atoms with van der Waals surface area (Å²) in [5, 5.41) is 1.53. The molecule has 1 aliphatic rings. The molecule has 0 N–H and O–H groups in total. The molecule has 0 radical (unpaired) electrons. The van der Waals surface area contributed by atoms with Gasteiger partial charge in [-0.1, -0.05) is 48.7 Å². The van der Waals surface area contributed by atoms with E-state index in [1.165, 1.54) is 5.06 Å². The largest absolute Gasteiger partial charge is 0.334 e. The fourth-order valence-electron chi connectivity index (χ4n) is 1.44. The Morgan fingerprint density at radius 2 is 1.80 bits per heavy atom. The summed E-state index contributed by atoms with van der Waals surface area (Å²) in [5.74, 6) is 0. The normalized spacial score (nSPS) is 18.9. The molecule has 1 atom stereocenters. The van der Waals surface area contributed by atoms with Crippen molar-refractivity contribution >= 4 is 43.4 Å². The van der Waals surface area contributed by atoms with Gasteiger partial charge in [0, 0.05) is 6.54 Å². The Hall–Kier alpha value is 1.10. The molecular formula is C11H21Cl3NO4P. The van der Waals surface area contributed by atoms with Gasteiger partial charge in [-0.2, -0.15) is 5.06 Å². The van der Waals surface area contributed by atoms with Crippen LogP contribution in [0.1, 0.15) is 33.1 Å². The van der Waals surface area contributed by atoms with Gasteiger partial charge in [-0.05, 0) is 19.3 Å². The van der Waals surface area contributed by atoms with Crippen LogP contribution in [0.4, 0.5) is 0 Å². The summed E-state index contributed by atoms with van der Waals surface area (Å²) in [5.41, 5.74) is 0. The van der Waals surface area contributed by atoms with Crippen molar-refractivity contribution in [3.05, 3.63) is 0 Å². The highest BCUT2D eigenvalue weighted by Gasteiger charge is 2.43. The van der Waals surface area contributed by atoms with Crippen LogP contribution in [0.15, 0.2) is 0 Å². The van der Waals surface area contributed by atoms with Crippen LogP contribution in [0.3, 0.4) is 0 Å². The molecule has 1 aliphatic heterocycles. The van der Waals surface area contributed by atoms with E-state index in [0.29, 0.717) is 26.4 Å². The van der Waals surface area contributed by atoms with Crippen molar-refractivity contribution < 1.29 is 18.4 Å². The first-order chi connectivity index (χ1) is 9.49. The molecule has 0 aliphatic carbocycles. The van der Waals surface area contributed by atoms with E-state index in [9.17, 15) is 0 Å². The second-order valence-corrected chi connectivity index (χ2v) is 7.76. The molecule has 0 aromatic heterocycles. The van der Waals surface area contributed by atoms with Gasteiger partial charge < -0.3 is 9.05 Å². The molecule has 0 amide bonds. The number of hydroxylamine groups is 2. The summed E-state index contributed by atoms with van der Waals surface area (Å²) in [4.78, 5) is 5.41. The van der Waals surface area contributed by atoms with E-state index in [2.05, 4.69) is 0 Å². The van der Waals surface area contributed by atoms with Crippen LogP contribution >= 0.6 is 43.4 Å². The van der Waals surface area contributed by atoms with Gasteiger partial charge in [-0.15, -0.1) is 0 Å². The van der Waals surface area contributed by atoms with Crippen molar-refractivity contribution in [2.75, 3.05) is 26.4 Å². The Balaban J connectivity index is 2.62. The maximum absolute atomic E-state index is 5.97. The lowest BCUT2D eigenvalue weighted by atomic mass is 10.4. The van der Waals surface area contributed by atoms with Crippen molar-refractivity contribution in [2.45, 2.75) is 43.1 Å². The van der Waals surface area contributed by atoms with Crippen LogP contribution in [-0.2, 0) is 18.4 Å². The first kappa shape index (κ1) is 19.1. The molecule has 0 aromatic rings. The van der Waals surface area contributed by atoms with Crippen molar-refractivity contribution in [3.63, 3.8) is 0 Å². The number of hydrogen-bond donors (Lipinski definition) is 0. The van der Waals surface area contributed by atoms with E-state index in [4.69, 9.17) is 53.2 Å². The zero-order chi connectivity index (χ0) is 15.0. The highest BCUT2D eigenvalue weighted by atomic mass is 35.6. The molecule has 9 heteroatoms. The Morgan fingerprint density at radius 3 is 2.20 bits per heavy atom. The molecule has 20 heavy (non-hydrogen) atoms. The fraction of sp³-hybridized carbons (Fsp3) is 1.00. The van der Waals surface area contributed by atoms with E-state index < -0.39 is 18.6 Å². The minimum Gasteiger partial charge on any atom is -0.312 e. The molecule has 0 bridgehead atoms. The molecule has 120 valence electrons. The second kappa shape index (κ2) is 9.98. The average molecular weight is 369 g/mol. The maximum Gasteiger partial charge on any atom is 0.334 e. The Kier molecular flexibility index (Phi) is 9.56. The minimum absolute atomic E-state index is 0.531. The molecule has 0 aromatic carbocycles. The van der Waals surface area contributed by atoms with E-state index in [0.717, 1.165) is 19.3 Å². The van der Waals surface area contributed by atoms with Crippen LogP contribution in [-0.4, -0.2) is 41.4 Å². The maximum atomic E-state index is 5.97. The van der Waals surface area contributed by atoms with Crippen LogP contribution < -0.4 is 0 Å². The van der Waals surface area contributed by atoms with Gasteiger partial charge in [0.05, 0.1) is 19.8 Å². The summed E-state index contributed by atoms with van der Waals surface area (Å²) in [7, 11) is -1.57. The molecule has 5 nitrogen and oxygen atoms in total. The lowest BCUT2D eigenvalue weighted by Crippen LogP contribution is -2.43. The number of nitrogens with zero attached hydrogens (tertiary/aromatic N) is 1. The average Bonchev–Trinajstić information content (AvgIpc) is 2.90. The highest BCUT2D eigenvalue weighted by Crippen LogP contribution is 2.47. The van der Waals surface area contributed by atoms with Gasteiger partial charge in [0.25, 0.3) is 0 Å². The Bertz CT molecular complexity index is 257. The molecule has 1 rings (SSSR count). The number of alkyl halides is 3. The van der Waals surface area contributed by atoms with E-state index >= 15 is 0 Å². The first-order valence-electron chi connectivity index (χ1n) is 6.68. The molecule has 1 heterocycles. The predicted molar refractivity (Wildman–Crippen MR) is 81.8 cm³/mol. The first-order valence-corrected chi connectivity index (χ1v) is 8.91. The van der Waals surface area contributed by atoms with Crippen molar-refractivity contribution in [1.29, 1.82) is 0 Å². The molecule has 0 saturated carbocycles. The van der Waals surface area contributed by atoms with Crippen molar-refractivity contribution in [3.8, 4) is 0 Å². The van der Waals surface area contributed by atoms with Gasteiger partial charge in [0.15, 0.2) is 6.23 Å². The smallest absolute Gasteiger partial charge is 0.312 e. The zero-order valence-corrected chi connectivity index (χ0v) is 14.9. The highest BCUT2D eigenvalue weighted by molar-refractivity contribution is 7.41. The minimum atomic E-state index is -1.64. The lowest BCUT2D eigenvalue weighted by molar-refractivity contribution is -0.194. The van der Waals surface area contributed by atoms with Crippen molar-refractivity contribution in [1.82, 2.24) is 5.06 Å². The summed E-state index contributed by atoms with van der Waals surface area (Å²) in [6, 6.07) is 0. The number of rotatable bonds is 9. The third kappa shape index (κ3) is 6.91. The monoisotopic (exact) mass is 367 g/mol. The molecule has 1 saturated heterocycles.